The van der Waals surface area contributed by atoms with Gasteiger partial charge in [0.15, 0.2) is 0 Å². The van der Waals surface area contributed by atoms with Crippen LogP contribution in [0.2, 0.25) is 0 Å². The quantitative estimate of drug-likeness (QED) is 0.686. The molecule has 2 aromatic carbocycles. The number of hydrogen-bond donors (Lipinski definition) is 1. The third-order valence-corrected chi connectivity index (χ3v) is 6.03. The van der Waals surface area contributed by atoms with Crippen molar-refractivity contribution in [1.82, 2.24) is 14.7 Å². The number of halogens is 1. The molecule has 1 heterocycles. The molecule has 0 atom stereocenters. The van der Waals surface area contributed by atoms with Crippen LogP contribution in [-0.2, 0) is 16.4 Å². The maximum Gasteiger partial charge on any atom is 0.240 e. The second-order valence-corrected chi connectivity index (χ2v) is 8.45. The van der Waals surface area contributed by atoms with E-state index in [1.54, 1.807) is 19.1 Å². The predicted octanol–water partition coefficient (Wildman–Crippen LogP) is 3.53. The third-order valence-electron chi connectivity index (χ3n) is 3.94. The van der Waals surface area contributed by atoms with Crippen molar-refractivity contribution in [3.8, 4) is 0 Å². The first-order valence-corrected chi connectivity index (χ1v) is 10.1. The molecule has 25 heavy (non-hydrogen) atoms. The fraction of sp³-hybridized carbons (Fsp3) is 0.222. The number of para-hydroxylation sites is 2. The van der Waals surface area contributed by atoms with Crippen LogP contribution in [0.15, 0.2) is 51.8 Å². The maximum atomic E-state index is 12.5. The summed E-state index contributed by atoms with van der Waals surface area (Å²) in [7, 11) is -3.57. The largest absolute Gasteiger partial charge is 0.250 e. The summed E-state index contributed by atoms with van der Waals surface area (Å²) in [5.41, 5.74) is 3.98. The molecule has 7 heteroatoms. The van der Waals surface area contributed by atoms with Gasteiger partial charge >= 0.3 is 0 Å². The molecule has 5 nitrogen and oxygen atoms in total. The Bertz CT molecular complexity index is 1040. The minimum atomic E-state index is -3.57. The molecule has 0 fully saturated rings. The Balaban J connectivity index is 1.76. The molecular formula is C18H18BrN3O2S. The lowest BCUT2D eigenvalue weighted by atomic mass is 10.2. The summed E-state index contributed by atoms with van der Waals surface area (Å²) in [6, 6.07) is 12.9. The van der Waals surface area contributed by atoms with E-state index in [4.69, 9.17) is 0 Å². The van der Waals surface area contributed by atoms with Crippen molar-refractivity contribution in [2.45, 2.75) is 25.2 Å². The predicted molar refractivity (Wildman–Crippen MR) is 102 cm³/mol. The van der Waals surface area contributed by atoms with Gasteiger partial charge in [-0.3, -0.25) is 0 Å². The zero-order valence-corrected chi connectivity index (χ0v) is 16.4. The van der Waals surface area contributed by atoms with Crippen molar-refractivity contribution >= 4 is 37.0 Å². The molecule has 0 radical (unpaired) electrons. The van der Waals surface area contributed by atoms with Crippen molar-refractivity contribution in [1.29, 1.82) is 0 Å². The number of benzene rings is 2. The number of aryl methyl sites for hydroxylation is 2. The first-order chi connectivity index (χ1) is 11.9. The van der Waals surface area contributed by atoms with Crippen LogP contribution in [0, 0.1) is 13.8 Å². The summed E-state index contributed by atoms with van der Waals surface area (Å²) in [4.78, 5) is 9.40. The Morgan fingerprint density at radius 3 is 2.44 bits per heavy atom. The molecule has 0 bridgehead atoms. The van der Waals surface area contributed by atoms with Gasteiger partial charge in [-0.1, -0.05) is 34.1 Å². The summed E-state index contributed by atoms with van der Waals surface area (Å²) in [6.07, 6.45) is 0.482. The molecule has 0 unspecified atom stereocenters. The van der Waals surface area contributed by atoms with E-state index in [2.05, 4.69) is 30.6 Å². The lowest BCUT2D eigenvalue weighted by molar-refractivity contribution is 0.580. The standard InChI is InChI=1S/C18H18BrN3O2S/c1-12-7-8-14(19)11-18(12)25(23,24)20-10-9-15-13(2)21-16-5-3-4-6-17(16)22-15/h3-8,11,20H,9-10H2,1-2H3. The van der Waals surface area contributed by atoms with Gasteiger partial charge in [-0.25, -0.2) is 23.1 Å². The van der Waals surface area contributed by atoms with Crippen molar-refractivity contribution in [3.05, 3.63) is 63.9 Å². The number of fused-ring (bicyclic) bond motifs is 1. The van der Waals surface area contributed by atoms with Crippen molar-refractivity contribution in [3.63, 3.8) is 0 Å². The molecular weight excluding hydrogens is 402 g/mol. The van der Waals surface area contributed by atoms with Gasteiger partial charge in [-0.2, -0.15) is 0 Å². The second kappa shape index (κ2) is 7.19. The number of nitrogens with one attached hydrogen (secondary N) is 1. The molecule has 0 spiro atoms. The lowest BCUT2D eigenvalue weighted by Gasteiger charge is -2.11. The summed E-state index contributed by atoms with van der Waals surface area (Å²) in [5.74, 6) is 0. The van der Waals surface area contributed by atoms with Crippen LogP contribution < -0.4 is 4.72 Å². The van der Waals surface area contributed by atoms with Crippen LogP contribution in [0.5, 0.6) is 0 Å². The van der Waals surface area contributed by atoms with Crippen LogP contribution in [0.25, 0.3) is 11.0 Å². The maximum absolute atomic E-state index is 12.5. The molecule has 0 aliphatic rings. The second-order valence-electron chi connectivity index (χ2n) is 5.80. The Morgan fingerprint density at radius 1 is 1.04 bits per heavy atom. The first-order valence-electron chi connectivity index (χ1n) is 7.85. The highest BCUT2D eigenvalue weighted by Crippen LogP contribution is 2.20. The van der Waals surface area contributed by atoms with E-state index in [1.807, 2.05) is 37.3 Å². The van der Waals surface area contributed by atoms with Gasteiger partial charge in [-0.15, -0.1) is 0 Å². The van der Waals surface area contributed by atoms with E-state index >= 15 is 0 Å². The highest BCUT2D eigenvalue weighted by atomic mass is 79.9. The van der Waals surface area contributed by atoms with E-state index in [0.717, 1.165) is 26.9 Å². The van der Waals surface area contributed by atoms with Gasteiger partial charge in [0.1, 0.15) is 0 Å². The summed E-state index contributed by atoms with van der Waals surface area (Å²) < 4.78 is 28.4. The zero-order valence-electron chi connectivity index (χ0n) is 14.0. The number of aromatic nitrogens is 2. The van der Waals surface area contributed by atoms with Crippen molar-refractivity contribution in [2.75, 3.05) is 6.54 Å². The van der Waals surface area contributed by atoms with Gasteiger partial charge in [-0.05, 0) is 43.7 Å². The van der Waals surface area contributed by atoms with E-state index < -0.39 is 10.0 Å². The van der Waals surface area contributed by atoms with Gasteiger partial charge < -0.3 is 0 Å². The fourth-order valence-electron chi connectivity index (χ4n) is 2.61. The molecule has 1 N–H and O–H groups in total. The highest BCUT2D eigenvalue weighted by Gasteiger charge is 2.17. The van der Waals surface area contributed by atoms with Crippen LogP contribution in [0.1, 0.15) is 17.0 Å². The molecule has 1 aromatic heterocycles. The van der Waals surface area contributed by atoms with Gasteiger partial charge in [0.25, 0.3) is 0 Å². The Kier molecular flexibility index (Phi) is 5.17. The SMILES string of the molecule is Cc1ccc(Br)cc1S(=O)(=O)NCCc1nc2ccccc2nc1C. The number of nitrogens with zero attached hydrogens (tertiary/aromatic N) is 2. The molecule has 0 saturated heterocycles. The van der Waals surface area contributed by atoms with Gasteiger partial charge in [0, 0.05) is 17.4 Å². The summed E-state index contributed by atoms with van der Waals surface area (Å²) in [5, 5.41) is 0. The van der Waals surface area contributed by atoms with E-state index in [9.17, 15) is 8.42 Å². The normalized spacial score (nSPS) is 11.8. The summed E-state index contributed by atoms with van der Waals surface area (Å²) in [6.45, 7) is 3.93. The molecule has 0 aliphatic carbocycles. The Morgan fingerprint density at radius 2 is 1.72 bits per heavy atom. The minimum absolute atomic E-state index is 0.266. The summed E-state index contributed by atoms with van der Waals surface area (Å²) >= 11 is 3.32. The van der Waals surface area contributed by atoms with E-state index in [0.29, 0.717) is 12.0 Å². The fourth-order valence-corrected chi connectivity index (χ4v) is 4.42. The Hall–Kier alpha value is -1.83. The van der Waals surface area contributed by atoms with Crippen LogP contribution in [0.4, 0.5) is 0 Å². The van der Waals surface area contributed by atoms with Gasteiger partial charge in [0.2, 0.25) is 10.0 Å². The van der Waals surface area contributed by atoms with Crippen LogP contribution >= 0.6 is 15.9 Å². The van der Waals surface area contributed by atoms with E-state index in [-0.39, 0.29) is 11.4 Å². The van der Waals surface area contributed by atoms with Crippen molar-refractivity contribution < 1.29 is 8.42 Å². The highest BCUT2D eigenvalue weighted by molar-refractivity contribution is 9.10. The van der Waals surface area contributed by atoms with Crippen LogP contribution in [-0.4, -0.2) is 24.9 Å². The molecule has 0 saturated carbocycles. The van der Waals surface area contributed by atoms with Crippen molar-refractivity contribution in [2.24, 2.45) is 0 Å². The van der Waals surface area contributed by atoms with E-state index in [1.165, 1.54) is 0 Å². The van der Waals surface area contributed by atoms with Crippen LogP contribution in [0.3, 0.4) is 0 Å². The molecule has 3 rings (SSSR count). The number of rotatable bonds is 5. The first kappa shape index (κ1) is 18.0. The molecule has 0 aliphatic heterocycles. The Labute approximate surface area is 155 Å². The average Bonchev–Trinajstić information content (AvgIpc) is 2.57. The monoisotopic (exact) mass is 419 g/mol. The minimum Gasteiger partial charge on any atom is -0.250 e. The third kappa shape index (κ3) is 4.05. The molecule has 130 valence electrons. The number of hydrogen-bond acceptors (Lipinski definition) is 4. The number of sulfonamides is 1. The molecule has 3 aromatic rings. The average molecular weight is 420 g/mol. The zero-order chi connectivity index (χ0) is 18.0. The molecule has 0 amide bonds. The lowest BCUT2D eigenvalue weighted by Crippen LogP contribution is -2.27. The topological polar surface area (TPSA) is 72.0 Å². The smallest absolute Gasteiger partial charge is 0.240 e. The van der Waals surface area contributed by atoms with Gasteiger partial charge in [0.05, 0.1) is 27.3 Å².